The van der Waals surface area contributed by atoms with Gasteiger partial charge in [0.2, 0.25) is 0 Å². The van der Waals surface area contributed by atoms with Crippen LogP contribution in [0.15, 0.2) is 12.3 Å². The van der Waals surface area contributed by atoms with Crippen LogP contribution in [0.5, 0.6) is 0 Å². The van der Waals surface area contributed by atoms with Gasteiger partial charge in [-0.25, -0.2) is 9.97 Å². The van der Waals surface area contributed by atoms with Gasteiger partial charge < -0.3 is 5.32 Å². The molecule has 2 rings (SSSR count). The van der Waals surface area contributed by atoms with Crippen LogP contribution in [0.1, 0.15) is 37.2 Å². The second-order valence-electron chi connectivity index (χ2n) is 5.08. The number of alkyl halides is 3. The van der Waals surface area contributed by atoms with Gasteiger partial charge in [0, 0.05) is 18.8 Å². The highest BCUT2D eigenvalue weighted by Crippen LogP contribution is 2.37. The Morgan fingerprint density at radius 2 is 2.16 bits per heavy atom. The van der Waals surface area contributed by atoms with Gasteiger partial charge in [0.25, 0.3) is 0 Å². The lowest BCUT2D eigenvalue weighted by Gasteiger charge is -2.31. The van der Waals surface area contributed by atoms with E-state index >= 15 is 0 Å². The molecule has 2 unspecified atom stereocenters. The van der Waals surface area contributed by atoms with Gasteiger partial charge in [-0.05, 0) is 32.3 Å². The van der Waals surface area contributed by atoms with Crippen LogP contribution < -0.4 is 5.32 Å². The fourth-order valence-corrected chi connectivity index (χ4v) is 2.52. The van der Waals surface area contributed by atoms with Gasteiger partial charge in [0.1, 0.15) is 5.82 Å². The summed E-state index contributed by atoms with van der Waals surface area (Å²) in [6.07, 6.45) is -0.534. The predicted octanol–water partition coefficient (Wildman–Crippen LogP) is 3.00. The van der Waals surface area contributed by atoms with Crippen LogP contribution in [0.3, 0.4) is 0 Å². The summed E-state index contributed by atoms with van der Waals surface area (Å²) in [6.45, 7) is 2.29. The van der Waals surface area contributed by atoms with E-state index in [0.717, 1.165) is 12.1 Å². The summed E-state index contributed by atoms with van der Waals surface area (Å²) >= 11 is 0. The molecule has 0 spiro atoms. The molecule has 1 aliphatic rings. The summed E-state index contributed by atoms with van der Waals surface area (Å²) in [5.74, 6) is -0.484. The fraction of sp³-hybridized carbons (Fsp3) is 0.692. The Balaban J connectivity index is 1.86. The van der Waals surface area contributed by atoms with Crippen molar-refractivity contribution in [1.29, 1.82) is 0 Å². The summed E-state index contributed by atoms with van der Waals surface area (Å²) < 4.78 is 38.0. The Hall–Kier alpha value is -1.17. The molecule has 1 aromatic heterocycles. The molecule has 1 saturated carbocycles. The quantitative estimate of drug-likeness (QED) is 0.920. The van der Waals surface area contributed by atoms with Crippen molar-refractivity contribution >= 4 is 0 Å². The topological polar surface area (TPSA) is 37.8 Å². The average molecular weight is 273 g/mol. The molecule has 0 amide bonds. The summed E-state index contributed by atoms with van der Waals surface area (Å²) in [5, 5.41) is 3.18. The SMILES string of the molecule is Cc1nccc(CNC2CCCC(C(F)(F)F)C2)n1. The highest BCUT2D eigenvalue weighted by Gasteiger charge is 2.41. The Labute approximate surface area is 110 Å². The summed E-state index contributed by atoms with van der Waals surface area (Å²) in [6, 6.07) is 1.71. The van der Waals surface area contributed by atoms with Crippen molar-refractivity contribution in [2.75, 3.05) is 0 Å². The van der Waals surface area contributed by atoms with Crippen molar-refractivity contribution in [3.05, 3.63) is 23.8 Å². The number of aromatic nitrogens is 2. The third-order valence-electron chi connectivity index (χ3n) is 3.54. The maximum atomic E-state index is 12.7. The van der Waals surface area contributed by atoms with E-state index in [1.807, 2.05) is 0 Å². The Kier molecular flexibility index (Phi) is 4.39. The van der Waals surface area contributed by atoms with E-state index in [4.69, 9.17) is 0 Å². The summed E-state index contributed by atoms with van der Waals surface area (Å²) in [5.41, 5.74) is 0.821. The van der Waals surface area contributed by atoms with E-state index in [-0.39, 0.29) is 18.9 Å². The molecule has 0 aliphatic heterocycles. The van der Waals surface area contributed by atoms with Crippen LogP contribution in [0, 0.1) is 12.8 Å². The Bertz CT molecular complexity index is 420. The molecule has 2 atom stereocenters. The van der Waals surface area contributed by atoms with E-state index in [2.05, 4.69) is 15.3 Å². The van der Waals surface area contributed by atoms with Gasteiger partial charge in [-0.1, -0.05) is 6.42 Å². The minimum atomic E-state index is -4.06. The standard InChI is InChI=1S/C13H18F3N3/c1-9-17-6-5-12(19-9)8-18-11-4-2-3-10(7-11)13(14,15)16/h5-6,10-11,18H,2-4,7-8H2,1H3. The molecule has 0 bridgehead atoms. The highest BCUT2D eigenvalue weighted by atomic mass is 19.4. The van der Waals surface area contributed by atoms with Crippen LogP contribution in [0.4, 0.5) is 13.2 Å². The Morgan fingerprint density at radius 3 is 2.84 bits per heavy atom. The zero-order chi connectivity index (χ0) is 13.9. The van der Waals surface area contributed by atoms with Crippen LogP contribution >= 0.6 is 0 Å². The number of halogens is 3. The molecule has 1 fully saturated rings. The Morgan fingerprint density at radius 1 is 1.37 bits per heavy atom. The van der Waals surface area contributed by atoms with Crippen molar-refractivity contribution < 1.29 is 13.2 Å². The van der Waals surface area contributed by atoms with Gasteiger partial charge in [-0.15, -0.1) is 0 Å². The van der Waals surface area contributed by atoms with Gasteiger partial charge in [-0.2, -0.15) is 13.2 Å². The second-order valence-corrected chi connectivity index (χ2v) is 5.08. The first-order valence-corrected chi connectivity index (χ1v) is 6.54. The van der Waals surface area contributed by atoms with Gasteiger partial charge >= 0.3 is 6.18 Å². The minimum absolute atomic E-state index is 0.0735. The van der Waals surface area contributed by atoms with Gasteiger partial charge in [0.15, 0.2) is 0 Å². The van der Waals surface area contributed by atoms with Gasteiger partial charge in [0.05, 0.1) is 11.6 Å². The molecule has 1 aliphatic carbocycles. The number of rotatable bonds is 3. The number of aryl methyl sites for hydroxylation is 1. The second kappa shape index (κ2) is 5.86. The lowest BCUT2D eigenvalue weighted by Crippen LogP contribution is -2.38. The first-order valence-electron chi connectivity index (χ1n) is 6.54. The zero-order valence-corrected chi connectivity index (χ0v) is 10.9. The maximum Gasteiger partial charge on any atom is 0.391 e. The van der Waals surface area contributed by atoms with Crippen molar-refractivity contribution in [1.82, 2.24) is 15.3 Å². The van der Waals surface area contributed by atoms with Crippen LogP contribution in [0.25, 0.3) is 0 Å². The molecule has 0 aromatic carbocycles. The lowest BCUT2D eigenvalue weighted by atomic mass is 9.85. The number of nitrogens with one attached hydrogen (secondary N) is 1. The van der Waals surface area contributed by atoms with E-state index in [9.17, 15) is 13.2 Å². The monoisotopic (exact) mass is 273 g/mol. The molecule has 0 radical (unpaired) electrons. The van der Waals surface area contributed by atoms with Crippen LogP contribution in [-0.4, -0.2) is 22.2 Å². The van der Waals surface area contributed by atoms with E-state index in [0.29, 0.717) is 18.8 Å². The minimum Gasteiger partial charge on any atom is -0.308 e. The number of hydrogen-bond donors (Lipinski definition) is 1. The van der Waals surface area contributed by atoms with Crippen molar-refractivity contribution in [3.63, 3.8) is 0 Å². The molecule has 6 heteroatoms. The zero-order valence-electron chi connectivity index (χ0n) is 10.9. The van der Waals surface area contributed by atoms with E-state index < -0.39 is 12.1 Å². The third kappa shape index (κ3) is 4.16. The number of nitrogens with zero attached hydrogens (tertiary/aromatic N) is 2. The third-order valence-corrected chi connectivity index (χ3v) is 3.54. The molecule has 3 nitrogen and oxygen atoms in total. The smallest absolute Gasteiger partial charge is 0.308 e. The lowest BCUT2D eigenvalue weighted by molar-refractivity contribution is -0.183. The molecule has 19 heavy (non-hydrogen) atoms. The maximum absolute atomic E-state index is 12.7. The summed E-state index contributed by atoms with van der Waals surface area (Å²) in [4.78, 5) is 8.22. The molecular formula is C13H18F3N3. The fourth-order valence-electron chi connectivity index (χ4n) is 2.52. The summed E-state index contributed by atoms with van der Waals surface area (Å²) in [7, 11) is 0. The normalized spacial score (nSPS) is 24.4. The van der Waals surface area contributed by atoms with E-state index in [1.165, 1.54) is 0 Å². The predicted molar refractivity (Wildman–Crippen MR) is 65.4 cm³/mol. The van der Waals surface area contributed by atoms with Crippen LogP contribution in [0.2, 0.25) is 0 Å². The molecule has 1 heterocycles. The number of hydrogen-bond acceptors (Lipinski definition) is 3. The van der Waals surface area contributed by atoms with Gasteiger partial charge in [-0.3, -0.25) is 0 Å². The first kappa shape index (κ1) is 14.2. The van der Waals surface area contributed by atoms with Crippen molar-refractivity contribution in [2.45, 2.75) is 51.4 Å². The molecule has 1 aromatic rings. The van der Waals surface area contributed by atoms with Crippen molar-refractivity contribution in [2.24, 2.45) is 5.92 Å². The molecule has 1 N–H and O–H groups in total. The molecule has 0 saturated heterocycles. The largest absolute Gasteiger partial charge is 0.391 e. The highest BCUT2D eigenvalue weighted by molar-refractivity contribution is 5.01. The molecular weight excluding hydrogens is 255 g/mol. The van der Waals surface area contributed by atoms with E-state index in [1.54, 1.807) is 19.2 Å². The molecule has 106 valence electrons. The van der Waals surface area contributed by atoms with Crippen molar-refractivity contribution in [3.8, 4) is 0 Å². The first-order chi connectivity index (χ1) is 8.95. The van der Waals surface area contributed by atoms with Crippen LogP contribution in [-0.2, 0) is 6.54 Å². The average Bonchev–Trinajstić information content (AvgIpc) is 2.36.